The van der Waals surface area contributed by atoms with Crippen molar-refractivity contribution in [1.29, 1.82) is 0 Å². The number of thioether (sulfide) groups is 1. The summed E-state index contributed by atoms with van der Waals surface area (Å²) in [5.41, 5.74) is 3.34. The summed E-state index contributed by atoms with van der Waals surface area (Å²) in [6, 6.07) is 7.18. The van der Waals surface area contributed by atoms with E-state index in [-0.39, 0.29) is 5.75 Å². The first-order chi connectivity index (χ1) is 7.81. The second kappa shape index (κ2) is 5.15. The molecule has 0 saturated heterocycles. The second-order valence-corrected chi connectivity index (χ2v) is 4.72. The minimum absolute atomic E-state index is 0.276. The van der Waals surface area contributed by atoms with Crippen LogP contribution >= 0.6 is 23.3 Å². The van der Waals surface area contributed by atoms with Crippen LogP contribution in [0.5, 0.6) is 5.75 Å². The zero-order valence-electron chi connectivity index (χ0n) is 8.25. The van der Waals surface area contributed by atoms with E-state index >= 15 is 0 Å². The summed E-state index contributed by atoms with van der Waals surface area (Å²) < 4.78 is 3.80. The Labute approximate surface area is 101 Å². The molecule has 5 nitrogen and oxygen atoms in total. The number of para-hydroxylation sites is 1. The van der Waals surface area contributed by atoms with E-state index in [1.54, 1.807) is 12.1 Å². The zero-order valence-corrected chi connectivity index (χ0v) is 9.88. The maximum atomic E-state index is 9.57. The van der Waals surface area contributed by atoms with Crippen LogP contribution in [0.2, 0.25) is 0 Å². The molecule has 0 atom stereocenters. The van der Waals surface area contributed by atoms with Crippen LogP contribution in [0, 0.1) is 0 Å². The molecule has 4 N–H and O–H groups in total. The number of hydrogen-bond acceptors (Lipinski definition) is 7. The van der Waals surface area contributed by atoms with E-state index in [1.807, 2.05) is 12.1 Å². The van der Waals surface area contributed by atoms with Gasteiger partial charge in [0.2, 0.25) is 0 Å². The molecule has 7 heteroatoms. The summed E-state index contributed by atoms with van der Waals surface area (Å²) in [6.07, 6.45) is 0. The lowest BCUT2D eigenvalue weighted by molar-refractivity contribution is 0.462. The molecule has 0 bridgehead atoms. The third-order valence-corrected chi connectivity index (χ3v) is 3.69. The Balaban J connectivity index is 2.05. The minimum atomic E-state index is 0.276. The number of anilines is 1. The van der Waals surface area contributed by atoms with Gasteiger partial charge in [-0.25, -0.2) is 5.84 Å². The summed E-state index contributed by atoms with van der Waals surface area (Å²) in [5.74, 6) is 6.21. The third-order valence-electron chi connectivity index (χ3n) is 1.92. The van der Waals surface area contributed by atoms with Crippen LogP contribution in [0.4, 0.5) is 5.00 Å². The standard InChI is InChI=1S/C9H10N4OS2/c10-11-9-6(12-13-16-9)5-15-8-4-2-1-3-7(8)14/h1-4,11,14H,5,10H2. The molecule has 0 spiro atoms. The van der Waals surface area contributed by atoms with Crippen molar-refractivity contribution in [3.8, 4) is 5.75 Å². The predicted molar refractivity (Wildman–Crippen MR) is 65.4 cm³/mol. The number of nitrogens with one attached hydrogen (secondary N) is 1. The van der Waals surface area contributed by atoms with E-state index in [9.17, 15) is 5.11 Å². The number of phenolic OH excluding ortho intramolecular Hbond substituents is 1. The number of benzene rings is 1. The Bertz CT molecular complexity index is 474. The number of hydrazine groups is 1. The molecule has 84 valence electrons. The van der Waals surface area contributed by atoms with Crippen LogP contribution in [-0.2, 0) is 5.75 Å². The molecule has 16 heavy (non-hydrogen) atoms. The maximum Gasteiger partial charge on any atom is 0.148 e. The first-order valence-corrected chi connectivity index (χ1v) is 6.26. The van der Waals surface area contributed by atoms with Gasteiger partial charge >= 0.3 is 0 Å². The van der Waals surface area contributed by atoms with Crippen LogP contribution in [0.3, 0.4) is 0 Å². The fraction of sp³-hybridized carbons (Fsp3) is 0.111. The van der Waals surface area contributed by atoms with Crippen molar-refractivity contribution in [3.05, 3.63) is 30.0 Å². The highest BCUT2D eigenvalue weighted by molar-refractivity contribution is 7.98. The van der Waals surface area contributed by atoms with E-state index in [2.05, 4.69) is 15.0 Å². The second-order valence-electron chi connectivity index (χ2n) is 2.95. The van der Waals surface area contributed by atoms with Gasteiger partial charge in [-0.3, -0.25) is 0 Å². The van der Waals surface area contributed by atoms with Crippen molar-refractivity contribution in [2.45, 2.75) is 10.6 Å². The fourth-order valence-corrected chi connectivity index (χ4v) is 2.61. The highest BCUT2D eigenvalue weighted by atomic mass is 32.2. The monoisotopic (exact) mass is 254 g/mol. The number of rotatable bonds is 4. The van der Waals surface area contributed by atoms with Gasteiger partial charge in [-0.15, -0.1) is 16.9 Å². The number of aromatic nitrogens is 2. The molecule has 1 aromatic carbocycles. The number of phenols is 1. The zero-order chi connectivity index (χ0) is 11.4. The maximum absolute atomic E-state index is 9.57. The molecular weight excluding hydrogens is 244 g/mol. The topological polar surface area (TPSA) is 84.1 Å². The molecule has 0 aliphatic carbocycles. The number of nitrogens with zero attached hydrogens (tertiary/aromatic N) is 2. The largest absolute Gasteiger partial charge is 0.507 e. The van der Waals surface area contributed by atoms with Gasteiger partial charge in [0.15, 0.2) is 0 Å². The number of nitrogens with two attached hydrogens (primary N) is 1. The lowest BCUT2D eigenvalue weighted by Gasteiger charge is -2.02. The molecule has 2 rings (SSSR count). The highest BCUT2D eigenvalue weighted by Gasteiger charge is 2.08. The number of hydrogen-bond donors (Lipinski definition) is 3. The summed E-state index contributed by atoms with van der Waals surface area (Å²) in [4.78, 5) is 0.818. The van der Waals surface area contributed by atoms with E-state index in [1.165, 1.54) is 23.3 Å². The Hall–Kier alpha value is -1.31. The lowest BCUT2D eigenvalue weighted by atomic mass is 10.3. The van der Waals surface area contributed by atoms with Crippen LogP contribution < -0.4 is 11.3 Å². The molecule has 1 heterocycles. The van der Waals surface area contributed by atoms with Crippen molar-refractivity contribution >= 4 is 28.3 Å². The quantitative estimate of drug-likeness (QED) is 0.438. The molecule has 0 fully saturated rings. The highest BCUT2D eigenvalue weighted by Crippen LogP contribution is 2.32. The van der Waals surface area contributed by atoms with E-state index < -0.39 is 0 Å². The SMILES string of the molecule is NNc1snnc1CSc1ccccc1O. The summed E-state index contributed by atoms with van der Waals surface area (Å²) in [5, 5.41) is 14.3. The van der Waals surface area contributed by atoms with Crippen molar-refractivity contribution in [3.63, 3.8) is 0 Å². The van der Waals surface area contributed by atoms with Crippen molar-refractivity contribution < 1.29 is 5.11 Å². The van der Waals surface area contributed by atoms with Crippen molar-refractivity contribution in [2.24, 2.45) is 5.84 Å². The summed E-state index contributed by atoms with van der Waals surface area (Å²) in [7, 11) is 0. The van der Waals surface area contributed by atoms with Gasteiger partial charge in [-0.1, -0.05) is 16.6 Å². The Morgan fingerprint density at radius 3 is 3.00 bits per heavy atom. The Kier molecular flexibility index (Phi) is 3.60. The van der Waals surface area contributed by atoms with E-state index in [4.69, 9.17) is 5.84 Å². The molecule has 0 amide bonds. The number of aromatic hydroxyl groups is 1. The molecule has 0 radical (unpaired) electrons. The summed E-state index contributed by atoms with van der Waals surface area (Å²) in [6.45, 7) is 0. The van der Waals surface area contributed by atoms with E-state index in [0.717, 1.165) is 15.6 Å². The van der Waals surface area contributed by atoms with Crippen LogP contribution in [0.15, 0.2) is 29.2 Å². The van der Waals surface area contributed by atoms with E-state index in [0.29, 0.717) is 5.75 Å². The van der Waals surface area contributed by atoms with Crippen LogP contribution in [-0.4, -0.2) is 14.7 Å². The molecule has 0 saturated carbocycles. The molecule has 0 aliphatic heterocycles. The minimum Gasteiger partial charge on any atom is -0.507 e. The molecule has 0 aliphatic rings. The van der Waals surface area contributed by atoms with Crippen molar-refractivity contribution in [1.82, 2.24) is 9.59 Å². The average Bonchev–Trinajstić information content (AvgIpc) is 2.75. The van der Waals surface area contributed by atoms with Gasteiger partial charge in [0.05, 0.1) is 0 Å². The van der Waals surface area contributed by atoms with Gasteiger partial charge in [-0.05, 0) is 12.1 Å². The van der Waals surface area contributed by atoms with Crippen molar-refractivity contribution in [2.75, 3.05) is 5.43 Å². The summed E-state index contributed by atoms with van der Waals surface area (Å²) >= 11 is 2.71. The Morgan fingerprint density at radius 2 is 2.25 bits per heavy atom. The fourth-order valence-electron chi connectivity index (χ4n) is 1.14. The van der Waals surface area contributed by atoms with Gasteiger partial charge in [0.1, 0.15) is 16.4 Å². The van der Waals surface area contributed by atoms with Gasteiger partial charge < -0.3 is 10.5 Å². The normalized spacial score (nSPS) is 10.3. The van der Waals surface area contributed by atoms with Gasteiger partial charge in [0.25, 0.3) is 0 Å². The first-order valence-electron chi connectivity index (χ1n) is 4.50. The molecule has 1 aromatic heterocycles. The first kappa shape index (κ1) is 11.2. The van der Waals surface area contributed by atoms with Crippen LogP contribution in [0.1, 0.15) is 5.69 Å². The number of nitrogen functional groups attached to an aromatic ring is 1. The smallest absolute Gasteiger partial charge is 0.148 e. The van der Waals surface area contributed by atoms with Gasteiger partial charge in [-0.2, -0.15) is 0 Å². The molecule has 2 aromatic rings. The van der Waals surface area contributed by atoms with Crippen LogP contribution in [0.25, 0.3) is 0 Å². The van der Waals surface area contributed by atoms with Gasteiger partial charge in [0, 0.05) is 22.2 Å². The molecular formula is C9H10N4OS2. The lowest BCUT2D eigenvalue weighted by Crippen LogP contribution is -2.06. The predicted octanol–water partition coefficient (Wildman–Crippen LogP) is 1.82. The average molecular weight is 254 g/mol. The third kappa shape index (κ3) is 2.43. The molecule has 0 unspecified atom stereocenters. The Morgan fingerprint density at radius 1 is 1.44 bits per heavy atom.